The molecule has 0 spiro atoms. The number of hydrogen-bond donors (Lipinski definition) is 2. The van der Waals surface area contributed by atoms with Gasteiger partial charge in [-0.3, -0.25) is 4.79 Å². The van der Waals surface area contributed by atoms with E-state index in [0.29, 0.717) is 18.7 Å². The second kappa shape index (κ2) is 5.53. The van der Waals surface area contributed by atoms with E-state index in [2.05, 4.69) is 5.32 Å². The van der Waals surface area contributed by atoms with E-state index < -0.39 is 6.03 Å². The van der Waals surface area contributed by atoms with Crippen LogP contribution < -0.4 is 11.1 Å². The smallest absolute Gasteiger partial charge is 0.312 e. The minimum Gasteiger partial charge on any atom is -0.352 e. The summed E-state index contributed by atoms with van der Waals surface area (Å²) in [6.45, 7) is 1.30. The maximum absolute atomic E-state index is 12.1. The Kier molecular flexibility index (Phi) is 3.82. The summed E-state index contributed by atoms with van der Waals surface area (Å²) in [6, 6.07) is 8.82. The summed E-state index contributed by atoms with van der Waals surface area (Å²) in [5.41, 5.74) is 5.79. The van der Waals surface area contributed by atoms with Crippen molar-refractivity contribution >= 4 is 11.9 Å². The van der Waals surface area contributed by atoms with Crippen molar-refractivity contribution in [1.82, 2.24) is 10.2 Å². The van der Waals surface area contributed by atoms with Crippen LogP contribution in [0.1, 0.15) is 23.2 Å². The summed E-state index contributed by atoms with van der Waals surface area (Å²) in [6.07, 6.45) is 1.50. The van der Waals surface area contributed by atoms with Gasteiger partial charge >= 0.3 is 6.03 Å². The number of nitrogens with zero attached hydrogens (tertiary/aromatic N) is 1. The fourth-order valence-corrected chi connectivity index (χ4v) is 2.19. The predicted molar refractivity (Wildman–Crippen MR) is 68.1 cm³/mol. The number of nitrogens with one attached hydrogen (secondary N) is 1. The van der Waals surface area contributed by atoms with Crippen LogP contribution >= 0.6 is 0 Å². The van der Waals surface area contributed by atoms with Gasteiger partial charge < -0.3 is 16.0 Å². The van der Waals surface area contributed by atoms with E-state index >= 15 is 0 Å². The third kappa shape index (κ3) is 3.00. The van der Waals surface area contributed by atoms with E-state index in [1.54, 1.807) is 0 Å². The molecule has 3 amide bonds. The Morgan fingerprint density at radius 2 is 1.78 bits per heavy atom. The lowest BCUT2D eigenvalue weighted by Crippen LogP contribution is -2.47. The molecule has 0 atom stereocenters. The molecule has 0 radical (unpaired) electrons. The predicted octanol–water partition coefficient (Wildman–Crippen LogP) is 0.959. The van der Waals surface area contributed by atoms with Crippen LogP contribution in [0.4, 0.5) is 4.79 Å². The molecule has 5 heteroatoms. The number of primary amides is 1. The third-order valence-electron chi connectivity index (χ3n) is 3.15. The molecule has 1 aliphatic rings. The Hall–Kier alpha value is -2.04. The van der Waals surface area contributed by atoms with E-state index in [1.165, 1.54) is 0 Å². The van der Waals surface area contributed by atoms with Crippen molar-refractivity contribution in [3.63, 3.8) is 0 Å². The highest BCUT2D eigenvalue weighted by atomic mass is 16.2. The molecule has 96 valence electrons. The maximum atomic E-state index is 12.1. The average molecular weight is 247 g/mol. The third-order valence-corrected chi connectivity index (χ3v) is 3.15. The average Bonchev–Trinajstić information content (AvgIpc) is 2.39. The summed E-state index contributed by atoms with van der Waals surface area (Å²) < 4.78 is 0. The normalized spacial score (nSPS) is 16.3. The SMILES string of the molecule is NC(=O)NC1CCN(C(=O)c2ccccc2)CC1. The molecule has 1 aromatic rings. The minimum absolute atomic E-state index is 0.0492. The number of rotatable bonds is 2. The van der Waals surface area contributed by atoms with Crippen molar-refractivity contribution in [2.45, 2.75) is 18.9 Å². The van der Waals surface area contributed by atoms with Gasteiger partial charge in [-0.1, -0.05) is 18.2 Å². The zero-order valence-electron chi connectivity index (χ0n) is 10.1. The highest BCUT2D eigenvalue weighted by Gasteiger charge is 2.23. The zero-order valence-corrected chi connectivity index (χ0v) is 10.1. The Morgan fingerprint density at radius 3 is 2.33 bits per heavy atom. The van der Waals surface area contributed by atoms with E-state index in [4.69, 9.17) is 5.73 Å². The van der Waals surface area contributed by atoms with Crippen LogP contribution in [0.3, 0.4) is 0 Å². The minimum atomic E-state index is -0.497. The molecule has 1 heterocycles. The zero-order chi connectivity index (χ0) is 13.0. The van der Waals surface area contributed by atoms with Crippen molar-refractivity contribution in [2.24, 2.45) is 5.73 Å². The van der Waals surface area contributed by atoms with E-state index in [1.807, 2.05) is 35.2 Å². The van der Waals surface area contributed by atoms with Gasteiger partial charge in [-0.2, -0.15) is 0 Å². The Balaban J connectivity index is 1.90. The van der Waals surface area contributed by atoms with Crippen LogP contribution in [-0.2, 0) is 0 Å². The fraction of sp³-hybridized carbons (Fsp3) is 0.385. The van der Waals surface area contributed by atoms with Gasteiger partial charge in [-0.15, -0.1) is 0 Å². The lowest BCUT2D eigenvalue weighted by molar-refractivity contribution is 0.0708. The van der Waals surface area contributed by atoms with Crippen LogP contribution in [0.2, 0.25) is 0 Å². The highest BCUT2D eigenvalue weighted by molar-refractivity contribution is 5.94. The van der Waals surface area contributed by atoms with Gasteiger partial charge in [0.15, 0.2) is 0 Å². The Labute approximate surface area is 106 Å². The standard InChI is InChI=1S/C13H17N3O2/c14-13(18)15-11-6-8-16(9-7-11)12(17)10-4-2-1-3-5-10/h1-5,11H,6-9H2,(H3,14,15,18). The molecule has 2 rings (SSSR count). The molecule has 3 N–H and O–H groups in total. The number of urea groups is 1. The summed E-state index contributed by atoms with van der Waals surface area (Å²) in [5, 5.41) is 2.68. The van der Waals surface area contributed by atoms with E-state index in [9.17, 15) is 9.59 Å². The first-order chi connectivity index (χ1) is 8.66. The first kappa shape index (κ1) is 12.4. The van der Waals surface area contributed by atoms with Crippen molar-refractivity contribution < 1.29 is 9.59 Å². The number of carbonyl (C=O) groups excluding carboxylic acids is 2. The number of benzene rings is 1. The monoisotopic (exact) mass is 247 g/mol. The molecule has 5 nitrogen and oxygen atoms in total. The molecule has 1 aliphatic heterocycles. The summed E-state index contributed by atoms with van der Waals surface area (Å²) in [4.78, 5) is 24.7. The number of amides is 3. The quantitative estimate of drug-likeness (QED) is 0.816. The molecular formula is C13H17N3O2. The topological polar surface area (TPSA) is 75.4 Å². The second-order valence-corrected chi connectivity index (χ2v) is 4.44. The number of likely N-dealkylation sites (tertiary alicyclic amines) is 1. The van der Waals surface area contributed by atoms with Crippen molar-refractivity contribution in [2.75, 3.05) is 13.1 Å². The first-order valence-electron chi connectivity index (χ1n) is 6.07. The van der Waals surface area contributed by atoms with Crippen LogP contribution in [0.25, 0.3) is 0 Å². The molecule has 1 saturated heterocycles. The van der Waals surface area contributed by atoms with Crippen LogP contribution in [0, 0.1) is 0 Å². The molecule has 0 aliphatic carbocycles. The van der Waals surface area contributed by atoms with Gasteiger partial charge in [-0.05, 0) is 25.0 Å². The largest absolute Gasteiger partial charge is 0.352 e. The van der Waals surface area contributed by atoms with E-state index in [0.717, 1.165) is 12.8 Å². The van der Waals surface area contributed by atoms with Gasteiger partial charge in [0.05, 0.1) is 0 Å². The van der Waals surface area contributed by atoms with Gasteiger partial charge in [0.2, 0.25) is 0 Å². The van der Waals surface area contributed by atoms with Crippen molar-refractivity contribution in [3.8, 4) is 0 Å². The molecule has 0 unspecified atom stereocenters. The summed E-state index contributed by atoms with van der Waals surface area (Å²) >= 11 is 0. The number of hydrogen-bond acceptors (Lipinski definition) is 2. The van der Waals surface area contributed by atoms with Crippen molar-refractivity contribution in [1.29, 1.82) is 0 Å². The Morgan fingerprint density at radius 1 is 1.17 bits per heavy atom. The molecule has 18 heavy (non-hydrogen) atoms. The van der Waals surface area contributed by atoms with Gasteiger partial charge in [0.1, 0.15) is 0 Å². The van der Waals surface area contributed by atoms with Gasteiger partial charge in [-0.25, -0.2) is 4.79 Å². The van der Waals surface area contributed by atoms with E-state index in [-0.39, 0.29) is 11.9 Å². The maximum Gasteiger partial charge on any atom is 0.312 e. The molecule has 1 fully saturated rings. The lowest BCUT2D eigenvalue weighted by atomic mass is 10.0. The second-order valence-electron chi connectivity index (χ2n) is 4.44. The lowest BCUT2D eigenvalue weighted by Gasteiger charge is -2.32. The van der Waals surface area contributed by atoms with Gasteiger partial charge in [0, 0.05) is 24.7 Å². The molecule has 0 saturated carbocycles. The fourth-order valence-electron chi connectivity index (χ4n) is 2.19. The van der Waals surface area contributed by atoms with Gasteiger partial charge in [0.25, 0.3) is 5.91 Å². The van der Waals surface area contributed by atoms with Crippen LogP contribution in [0.5, 0.6) is 0 Å². The van der Waals surface area contributed by atoms with Crippen LogP contribution in [-0.4, -0.2) is 36.0 Å². The highest BCUT2D eigenvalue weighted by Crippen LogP contribution is 2.13. The number of carbonyl (C=O) groups is 2. The molecule has 0 aromatic heterocycles. The molecule has 1 aromatic carbocycles. The number of nitrogens with two attached hydrogens (primary N) is 1. The van der Waals surface area contributed by atoms with Crippen molar-refractivity contribution in [3.05, 3.63) is 35.9 Å². The summed E-state index contributed by atoms with van der Waals surface area (Å²) in [5.74, 6) is 0.0492. The number of piperidine rings is 1. The summed E-state index contributed by atoms with van der Waals surface area (Å²) in [7, 11) is 0. The molecular weight excluding hydrogens is 230 g/mol. The van der Waals surface area contributed by atoms with Crippen LogP contribution in [0.15, 0.2) is 30.3 Å². The Bertz CT molecular complexity index is 425. The molecule has 0 bridgehead atoms. The first-order valence-corrected chi connectivity index (χ1v) is 6.07.